The first kappa shape index (κ1) is 25.7. The minimum atomic E-state index is 0.0511. The molecule has 1 rings (SSSR count). The maximum absolute atomic E-state index is 11.9. The summed E-state index contributed by atoms with van der Waals surface area (Å²) < 4.78 is 0. The minimum absolute atomic E-state index is 0.0511. The molecule has 0 spiro atoms. The minimum Gasteiger partial charge on any atom is -0.356 e. The lowest BCUT2D eigenvalue weighted by molar-refractivity contribution is -0.121. The van der Waals surface area contributed by atoms with Crippen molar-refractivity contribution in [1.29, 1.82) is 5.41 Å². The standard InChI is InChI=1S/C24H40N4O2/c1-3-5-14-22(15-6-4-2)27-24(25)28(20-29)19-11-10-18-26-23(30)17-16-21-12-8-7-9-13-21/h7-9,12-13,20,22H,3-6,10-11,14-19H2,1-2H3,(H2,25,27)(H,26,30). The smallest absolute Gasteiger partial charge is 0.220 e. The second kappa shape index (κ2) is 16.4. The molecule has 30 heavy (non-hydrogen) atoms. The molecule has 0 atom stereocenters. The van der Waals surface area contributed by atoms with Crippen molar-refractivity contribution >= 4 is 18.3 Å². The number of amides is 2. The fraction of sp³-hybridized carbons (Fsp3) is 0.625. The van der Waals surface area contributed by atoms with E-state index in [1.165, 1.54) is 4.90 Å². The topological polar surface area (TPSA) is 85.3 Å². The van der Waals surface area contributed by atoms with Gasteiger partial charge < -0.3 is 10.6 Å². The third-order valence-electron chi connectivity index (χ3n) is 5.20. The maximum Gasteiger partial charge on any atom is 0.220 e. The molecule has 2 amide bonds. The van der Waals surface area contributed by atoms with E-state index in [1.807, 2.05) is 30.3 Å². The van der Waals surface area contributed by atoms with Gasteiger partial charge in [0.15, 0.2) is 5.96 Å². The predicted molar refractivity (Wildman–Crippen MR) is 123 cm³/mol. The number of guanidine groups is 1. The highest BCUT2D eigenvalue weighted by molar-refractivity contribution is 5.86. The number of hydrogen-bond acceptors (Lipinski definition) is 3. The first-order valence-electron chi connectivity index (χ1n) is 11.5. The van der Waals surface area contributed by atoms with Crippen LogP contribution in [-0.2, 0) is 16.0 Å². The van der Waals surface area contributed by atoms with Crippen molar-refractivity contribution < 1.29 is 9.59 Å². The van der Waals surface area contributed by atoms with Gasteiger partial charge in [-0.15, -0.1) is 0 Å². The fourth-order valence-corrected chi connectivity index (χ4v) is 3.31. The fourth-order valence-electron chi connectivity index (χ4n) is 3.31. The summed E-state index contributed by atoms with van der Waals surface area (Å²) in [5.41, 5.74) is 1.16. The van der Waals surface area contributed by atoms with Crippen LogP contribution < -0.4 is 10.6 Å². The van der Waals surface area contributed by atoms with Crippen molar-refractivity contribution in [2.24, 2.45) is 0 Å². The van der Waals surface area contributed by atoms with Crippen molar-refractivity contribution in [3.05, 3.63) is 35.9 Å². The quantitative estimate of drug-likeness (QED) is 0.163. The normalized spacial score (nSPS) is 10.6. The average Bonchev–Trinajstić information content (AvgIpc) is 2.77. The Morgan fingerprint density at radius 3 is 2.33 bits per heavy atom. The van der Waals surface area contributed by atoms with E-state index in [1.54, 1.807) is 0 Å². The summed E-state index contributed by atoms with van der Waals surface area (Å²) in [5.74, 6) is 0.240. The first-order chi connectivity index (χ1) is 14.6. The van der Waals surface area contributed by atoms with E-state index < -0.39 is 0 Å². The number of hydrogen-bond donors (Lipinski definition) is 3. The van der Waals surface area contributed by atoms with E-state index in [4.69, 9.17) is 5.41 Å². The lowest BCUT2D eigenvalue weighted by Crippen LogP contribution is -2.45. The zero-order valence-corrected chi connectivity index (χ0v) is 18.8. The van der Waals surface area contributed by atoms with Crippen molar-refractivity contribution in [2.45, 2.75) is 84.1 Å². The lowest BCUT2D eigenvalue weighted by atomic mass is 10.0. The molecule has 6 heteroatoms. The Balaban J connectivity index is 2.24. The summed E-state index contributed by atoms with van der Waals surface area (Å²) in [6.45, 7) is 5.42. The van der Waals surface area contributed by atoms with Crippen LogP contribution in [0.5, 0.6) is 0 Å². The zero-order chi connectivity index (χ0) is 22.0. The summed E-state index contributed by atoms with van der Waals surface area (Å²) in [5, 5.41) is 14.4. The number of carbonyl (C=O) groups is 2. The number of rotatable bonds is 16. The zero-order valence-electron chi connectivity index (χ0n) is 18.8. The molecular formula is C24H40N4O2. The highest BCUT2D eigenvalue weighted by atomic mass is 16.1. The Labute approximate surface area is 182 Å². The Morgan fingerprint density at radius 2 is 1.73 bits per heavy atom. The number of carbonyl (C=O) groups excluding carboxylic acids is 2. The summed E-state index contributed by atoms with van der Waals surface area (Å²) >= 11 is 0. The van der Waals surface area contributed by atoms with Crippen molar-refractivity contribution in [3.8, 4) is 0 Å². The van der Waals surface area contributed by atoms with Gasteiger partial charge in [-0.3, -0.25) is 19.9 Å². The number of nitrogens with zero attached hydrogens (tertiary/aromatic N) is 1. The second-order valence-electron chi connectivity index (χ2n) is 7.82. The summed E-state index contributed by atoms with van der Waals surface area (Å²) in [6.07, 6.45) is 10.0. The van der Waals surface area contributed by atoms with Crippen LogP contribution in [0.3, 0.4) is 0 Å². The third kappa shape index (κ3) is 11.6. The largest absolute Gasteiger partial charge is 0.356 e. The molecular weight excluding hydrogens is 376 g/mol. The molecule has 0 bridgehead atoms. The third-order valence-corrected chi connectivity index (χ3v) is 5.20. The molecule has 0 unspecified atom stereocenters. The van der Waals surface area contributed by atoms with Crippen LogP contribution in [0, 0.1) is 5.41 Å². The van der Waals surface area contributed by atoms with Crippen LogP contribution in [0.2, 0.25) is 0 Å². The van der Waals surface area contributed by atoms with Crippen LogP contribution in [0.15, 0.2) is 30.3 Å². The van der Waals surface area contributed by atoms with Crippen molar-refractivity contribution in [1.82, 2.24) is 15.5 Å². The van der Waals surface area contributed by atoms with Gasteiger partial charge in [0.2, 0.25) is 12.3 Å². The molecule has 0 heterocycles. The highest BCUT2D eigenvalue weighted by Crippen LogP contribution is 2.09. The Hall–Kier alpha value is -2.37. The Bertz CT molecular complexity index is 598. The van der Waals surface area contributed by atoms with Crippen LogP contribution in [0.4, 0.5) is 0 Å². The molecule has 1 aromatic carbocycles. The number of benzene rings is 1. The Morgan fingerprint density at radius 1 is 1.07 bits per heavy atom. The van der Waals surface area contributed by atoms with E-state index in [0.717, 1.165) is 69.8 Å². The van der Waals surface area contributed by atoms with E-state index >= 15 is 0 Å². The molecule has 168 valence electrons. The average molecular weight is 417 g/mol. The maximum atomic E-state index is 11.9. The molecule has 3 N–H and O–H groups in total. The van der Waals surface area contributed by atoms with E-state index in [2.05, 4.69) is 24.5 Å². The van der Waals surface area contributed by atoms with Gasteiger partial charge >= 0.3 is 0 Å². The van der Waals surface area contributed by atoms with E-state index in [0.29, 0.717) is 19.5 Å². The molecule has 0 saturated heterocycles. The predicted octanol–water partition coefficient (Wildman–Crippen LogP) is 4.25. The Kier molecular flexibility index (Phi) is 14.1. The van der Waals surface area contributed by atoms with Gasteiger partial charge in [0.1, 0.15) is 0 Å². The van der Waals surface area contributed by atoms with Gasteiger partial charge in [-0.25, -0.2) is 0 Å². The van der Waals surface area contributed by atoms with Crippen molar-refractivity contribution in [2.75, 3.05) is 13.1 Å². The monoisotopic (exact) mass is 416 g/mol. The summed E-state index contributed by atoms with van der Waals surface area (Å²) in [6, 6.07) is 10.2. The number of aryl methyl sites for hydroxylation is 1. The first-order valence-corrected chi connectivity index (χ1v) is 11.5. The molecule has 0 saturated carbocycles. The number of unbranched alkanes of at least 4 members (excludes halogenated alkanes) is 3. The molecule has 0 aliphatic rings. The van der Waals surface area contributed by atoms with Gasteiger partial charge in [0.05, 0.1) is 0 Å². The van der Waals surface area contributed by atoms with Crippen LogP contribution >= 0.6 is 0 Å². The lowest BCUT2D eigenvalue weighted by Gasteiger charge is -2.25. The van der Waals surface area contributed by atoms with Gasteiger partial charge in [-0.1, -0.05) is 69.9 Å². The molecule has 0 aliphatic heterocycles. The van der Waals surface area contributed by atoms with Gasteiger partial charge in [0.25, 0.3) is 0 Å². The highest BCUT2D eigenvalue weighted by Gasteiger charge is 2.14. The SMILES string of the molecule is CCCCC(CCCC)NC(=N)N(C=O)CCCCNC(=O)CCc1ccccc1. The summed E-state index contributed by atoms with van der Waals surface area (Å²) in [7, 11) is 0. The van der Waals surface area contributed by atoms with E-state index in [-0.39, 0.29) is 17.9 Å². The molecule has 0 radical (unpaired) electrons. The molecule has 1 aromatic rings. The van der Waals surface area contributed by atoms with E-state index in [9.17, 15) is 9.59 Å². The molecule has 0 aliphatic carbocycles. The van der Waals surface area contributed by atoms with Crippen LogP contribution in [-0.4, -0.2) is 42.3 Å². The molecule has 6 nitrogen and oxygen atoms in total. The molecule has 0 fully saturated rings. The van der Waals surface area contributed by atoms with Gasteiger partial charge in [0, 0.05) is 25.6 Å². The van der Waals surface area contributed by atoms with Gasteiger partial charge in [-0.2, -0.15) is 0 Å². The van der Waals surface area contributed by atoms with Gasteiger partial charge in [-0.05, 0) is 37.7 Å². The van der Waals surface area contributed by atoms with Crippen LogP contribution in [0.25, 0.3) is 0 Å². The summed E-state index contributed by atoms with van der Waals surface area (Å²) in [4.78, 5) is 24.8. The second-order valence-corrected chi connectivity index (χ2v) is 7.82. The molecule has 0 aromatic heterocycles. The number of nitrogens with one attached hydrogen (secondary N) is 3. The van der Waals surface area contributed by atoms with Crippen LogP contribution in [0.1, 0.15) is 77.2 Å². The van der Waals surface area contributed by atoms with Crippen molar-refractivity contribution in [3.63, 3.8) is 0 Å².